The SMILES string of the molecule is Fc1ccc(NCc2cncs2)cc1. The van der Waals surface area contributed by atoms with Crippen molar-refractivity contribution in [3.8, 4) is 0 Å². The van der Waals surface area contributed by atoms with E-state index in [1.54, 1.807) is 29.0 Å². The molecule has 0 spiro atoms. The lowest BCUT2D eigenvalue weighted by Gasteiger charge is -2.03. The second-order valence-corrected chi connectivity index (χ2v) is 3.80. The van der Waals surface area contributed by atoms with Gasteiger partial charge in [-0.15, -0.1) is 11.3 Å². The molecule has 2 nitrogen and oxygen atoms in total. The van der Waals surface area contributed by atoms with Crippen LogP contribution in [0.3, 0.4) is 0 Å². The van der Waals surface area contributed by atoms with Gasteiger partial charge in [0.25, 0.3) is 0 Å². The molecule has 2 aromatic rings. The molecule has 14 heavy (non-hydrogen) atoms. The molecule has 2 rings (SSSR count). The molecule has 1 aromatic heterocycles. The molecule has 0 saturated carbocycles. The Morgan fingerprint density at radius 2 is 2.07 bits per heavy atom. The zero-order chi connectivity index (χ0) is 9.80. The van der Waals surface area contributed by atoms with Crippen molar-refractivity contribution in [2.24, 2.45) is 0 Å². The van der Waals surface area contributed by atoms with Gasteiger partial charge in [0.2, 0.25) is 0 Å². The minimum Gasteiger partial charge on any atom is -0.380 e. The average molecular weight is 208 g/mol. The molecule has 0 aliphatic rings. The van der Waals surface area contributed by atoms with Crippen LogP contribution in [0.25, 0.3) is 0 Å². The maximum Gasteiger partial charge on any atom is 0.123 e. The van der Waals surface area contributed by atoms with E-state index in [4.69, 9.17) is 0 Å². The zero-order valence-electron chi connectivity index (χ0n) is 7.40. The minimum absolute atomic E-state index is 0.214. The van der Waals surface area contributed by atoms with Crippen LogP contribution in [0.1, 0.15) is 4.88 Å². The van der Waals surface area contributed by atoms with Crippen LogP contribution in [-0.2, 0) is 6.54 Å². The minimum atomic E-state index is -0.214. The Morgan fingerprint density at radius 3 is 2.71 bits per heavy atom. The van der Waals surface area contributed by atoms with Gasteiger partial charge in [0.1, 0.15) is 5.82 Å². The molecule has 0 radical (unpaired) electrons. The van der Waals surface area contributed by atoms with Crippen LogP contribution in [0.5, 0.6) is 0 Å². The molecule has 0 aliphatic heterocycles. The topological polar surface area (TPSA) is 24.9 Å². The van der Waals surface area contributed by atoms with Gasteiger partial charge in [-0.1, -0.05) is 0 Å². The quantitative estimate of drug-likeness (QED) is 0.838. The van der Waals surface area contributed by atoms with Crippen LogP contribution in [0.2, 0.25) is 0 Å². The molecule has 0 fully saturated rings. The van der Waals surface area contributed by atoms with Crippen molar-refractivity contribution in [3.05, 3.63) is 46.7 Å². The maximum absolute atomic E-state index is 12.6. The Kier molecular flexibility index (Phi) is 2.74. The van der Waals surface area contributed by atoms with E-state index in [-0.39, 0.29) is 5.82 Å². The molecule has 0 bridgehead atoms. The number of halogens is 1. The molecule has 0 atom stereocenters. The van der Waals surface area contributed by atoms with Gasteiger partial charge in [0.05, 0.1) is 12.1 Å². The van der Waals surface area contributed by atoms with Gasteiger partial charge in [0, 0.05) is 16.8 Å². The average Bonchev–Trinajstić information content (AvgIpc) is 2.70. The molecule has 0 amide bonds. The first-order valence-corrected chi connectivity index (χ1v) is 5.09. The first kappa shape index (κ1) is 9.15. The molecule has 1 heterocycles. The highest BCUT2D eigenvalue weighted by molar-refractivity contribution is 7.09. The van der Waals surface area contributed by atoms with Gasteiger partial charge in [0.15, 0.2) is 0 Å². The monoisotopic (exact) mass is 208 g/mol. The molecule has 0 saturated heterocycles. The zero-order valence-corrected chi connectivity index (χ0v) is 8.22. The second-order valence-electron chi connectivity index (χ2n) is 2.83. The fourth-order valence-electron chi connectivity index (χ4n) is 1.09. The van der Waals surface area contributed by atoms with E-state index < -0.39 is 0 Å². The fourth-order valence-corrected chi connectivity index (χ4v) is 1.62. The van der Waals surface area contributed by atoms with Gasteiger partial charge in [-0.2, -0.15) is 0 Å². The number of nitrogens with one attached hydrogen (secondary N) is 1. The van der Waals surface area contributed by atoms with E-state index in [0.717, 1.165) is 17.1 Å². The van der Waals surface area contributed by atoms with Gasteiger partial charge in [-0.05, 0) is 24.3 Å². The summed E-state index contributed by atoms with van der Waals surface area (Å²) in [6.45, 7) is 0.732. The normalized spacial score (nSPS) is 10.1. The number of rotatable bonds is 3. The van der Waals surface area contributed by atoms with Crippen molar-refractivity contribution < 1.29 is 4.39 Å². The van der Waals surface area contributed by atoms with Crippen molar-refractivity contribution in [1.82, 2.24) is 4.98 Å². The van der Waals surface area contributed by atoms with Gasteiger partial charge in [-0.25, -0.2) is 4.39 Å². The van der Waals surface area contributed by atoms with E-state index in [2.05, 4.69) is 10.3 Å². The molecular weight excluding hydrogens is 199 g/mol. The number of benzene rings is 1. The number of aromatic nitrogens is 1. The van der Waals surface area contributed by atoms with Crippen LogP contribution >= 0.6 is 11.3 Å². The number of anilines is 1. The molecule has 4 heteroatoms. The highest BCUT2D eigenvalue weighted by Crippen LogP contribution is 2.11. The Bertz CT molecular complexity index is 383. The number of nitrogens with zero attached hydrogens (tertiary/aromatic N) is 1. The van der Waals surface area contributed by atoms with Crippen LogP contribution in [0.4, 0.5) is 10.1 Å². The lowest BCUT2D eigenvalue weighted by atomic mass is 10.3. The molecule has 72 valence electrons. The summed E-state index contributed by atoms with van der Waals surface area (Å²) in [7, 11) is 0. The summed E-state index contributed by atoms with van der Waals surface area (Å²) in [5, 5.41) is 3.18. The molecule has 1 aromatic carbocycles. The summed E-state index contributed by atoms with van der Waals surface area (Å²) in [6, 6.07) is 6.32. The predicted molar refractivity (Wildman–Crippen MR) is 55.8 cm³/mol. The Balaban J connectivity index is 1.95. The summed E-state index contributed by atoms with van der Waals surface area (Å²) in [6.07, 6.45) is 1.82. The van der Waals surface area contributed by atoms with E-state index in [1.807, 2.05) is 6.20 Å². The highest BCUT2D eigenvalue weighted by Gasteiger charge is 1.95. The third kappa shape index (κ3) is 2.29. The van der Waals surface area contributed by atoms with Crippen LogP contribution in [-0.4, -0.2) is 4.98 Å². The van der Waals surface area contributed by atoms with Crippen molar-refractivity contribution in [2.75, 3.05) is 5.32 Å². The summed E-state index contributed by atoms with van der Waals surface area (Å²) >= 11 is 1.60. The van der Waals surface area contributed by atoms with Crippen molar-refractivity contribution in [3.63, 3.8) is 0 Å². The largest absolute Gasteiger partial charge is 0.380 e. The predicted octanol–water partition coefficient (Wildman–Crippen LogP) is 2.89. The van der Waals surface area contributed by atoms with E-state index in [9.17, 15) is 4.39 Å². The molecule has 0 aliphatic carbocycles. The van der Waals surface area contributed by atoms with Gasteiger partial charge >= 0.3 is 0 Å². The Labute approximate surface area is 85.4 Å². The summed E-state index contributed by atoms with van der Waals surface area (Å²) < 4.78 is 12.6. The number of hydrogen-bond donors (Lipinski definition) is 1. The van der Waals surface area contributed by atoms with E-state index in [1.165, 1.54) is 12.1 Å². The Morgan fingerprint density at radius 1 is 1.29 bits per heavy atom. The van der Waals surface area contributed by atoms with Crippen molar-refractivity contribution >= 4 is 17.0 Å². The van der Waals surface area contributed by atoms with E-state index >= 15 is 0 Å². The number of hydrogen-bond acceptors (Lipinski definition) is 3. The molecule has 0 unspecified atom stereocenters. The maximum atomic E-state index is 12.6. The third-order valence-corrected chi connectivity index (χ3v) is 2.57. The van der Waals surface area contributed by atoms with Crippen LogP contribution < -0.4 is 5.32 Å². The second kappa shape index (κ2) is 4.19. The first-order chi connectivity index (χ1) is 6.84. The van der Waals surface area contributed by atoms with Crippen LogP contribution in [0.15, 0.2) is 36.0 Å². The van der Waals surface area contributed by atoms with Crippen molar-refractivity contribution in [2.45, 2.75) is 6.54 Å². The highest BCUT2D eigenvalue weighted by atomic mass is 32.1. The van der Waals surface area contributed by atoms with Crippen molar-refractivity contribution in [1.29, 1.82) is 0 Å². The smallest absolute Gasteiger partial charge is 0.123 e. The lowest BCUT2D eigenvalue weighted by molar-refractivity contribution is 0.628. The molecule has 1 N–H and O–H groups in total. The van der Waals surface area contributed by atoms with Gasteiger partial charge in [-0.3, -0.25) is 4.98 Å². The van der Waals surface area contributed by atoms with E-state index in [0.29, 0.717) is 0 Å². The van der Waals surface area contributed by atoms with Crippen LogP contribution in [0, 0.1) is 5.82 Å². The third-order valence-electron chi connectivity index (χ3n) is 1.79. The Hall–Kier alpha value is -1.42. The standard InChI is InChI=1S/C10H9FN2S/c11-8-1-3-9(4-2-8)13-6-10-5-12-7-14-10/h1-5,7,13H,6H2. The fraction of sp³-hybridized carbons (Fsp3) is 0.100. The number of thiazole rings is 1. The van der Waals surface area contributed by atoms with Gasteiger partial charge < -0.3 is 5.32 Å². The summed E-state index contributed by atoms with van der Waals surface area (Å²) in [5.74, 6) is -0.214. The molecular formula is C10H9FN2S. The first-order valence-electron chi connectivity index (χ1n) is 4.21. The summed E-state index contributed by atoms with van der Waals surface area (Å²) in [4.78, 5) is 5.13. The summed E-state index contributed by atoms with van der Waals surface area (Å²) in [5.41, 5.74) is 2.71. The lowest BCUT2D eigenvalue weighted by Crippen LogP contribution is -1.96.